The molecule has 0 saturated carbocycles. The second kappa shape index (κ2) is 5.18. The maximum absolute atomic E-state index is 9.92. The van der Waals surface area contributed by atoms with Crippen LogP contribution in [-0.4, -0.2) is 39.9 Å². The molecule has 1 aromatic rings. The Morgan fingerprint density at radius 3 is 2.31 bits per heavy atom. The summed E-state index contributed by atoms with van der Waals surface area (Å²) in [6.07, 6.45) is -0.668. The van der Waals surface area contributed by atoms with Gasteiger partial charge in [-0.15, -0.1) is 0 Å². The number of phenolic OH excluding ortho intramolecular Hbond substituents is 2. The van der Waals surface area contributed by atoms with Crippen molar-refractivity contribution in [1.82, 2.24) is 4.90 Å². The van der Waals surface area contributed by atoms with Crippen molar-refractivity contribution in [3.05, 3.63) is 23.8 Å². The highest BCUT2D eigenvalue weighted by Crippen LogP contribution is 2.28. The molecule has 0 fully saturated rings. The van der Waals surface area contributed by atoms with E-state index in [9.17, 15) is 10.2 Å². The first-order chi connectivity index (χ1) is 7.41. The first-order valence-corrected chi connectivity index (χ1v) is 5.32. The molecule has 0 aliphatic carbocycles. The average molecular weight is 225 g/mol. The summed E-state index contributed by atoms with van der Waals surface area (Å²) >= 11 is 0. The normalized spacial score (nSPS) is 13.4. The van der Waals surface area contributed by atoms with Crippen molar-refractivity contribution in [2.45, 2.75) is 26.0 Å². The lowest BCUT2D eigenvalue weighted by Gasteiger charge is -2.24. The molecule has 0 amide bonds. The predicted octanol–water partition coefficient (Wildman–Crippen LogP) is 1.47. The first-order valence-electron chi connectivity index (χ1n) is 5.32. The summed E-state index contributed by atoms with van der Waals surface area (Å²) in [5.41, 5.74) is 0.600. The van der Waals surface area contributed by atoms with Crippen LogP contribution in [0, 0.1) is 0 Å². The van der Waals surface area contributed by atoms with E-state index in [0.717, 1.165) is 0 Å². The zero-order valence-corrected chi connectivity index (χ0v) is 9.88. The fourth-order valence-corrected chi connectivity index (χ4v) is 1.34. The average Bonchev–Trinajstić information content (AvgIpc) is 2.21. The van der Waals surface area contributed by atoms with Crippen LogP contribution < -0.4 is 0 Å². The third-order valence-corrected chi connectivity index (χ3v) is 2.73. The molecule has 0 radical (unpaired) electrons. The van der Waals surface area contributed by atoms with Crippen LogP contribution in [0.4, 0.5) is 0 Å². The fourth-order valence-electron chi connectivity index (χ4n) is 1.34. The van der Waals surface area contributed by atoms with Crippen LogP contribution in [0.2, 0.25) is 0 Å². The topological polar surface area (TPSA) is 63.9 Å². The Morgan fingerprint density at radius 2 is 1.81 bits per heavy atom. The molecule has 0 spiro atoms. The van der Waals surface area contributed by atoms with E-state index in [2.05, 4.69) is 0 Å². The van der Waals surface area contributed by atoms with E-state index in [1.54, 1.807) is 6.07 Å². The predicted molar refractivity (Wildman–Crippen MR) is 62.5 cm³/mol. The molecule has 4 nitrogen and oxygen atoms in total. The van der Waals surface area contributed by atoms with E-state index < -0.39 is 6.10 Å². The molecule has 0 saturated heterocycles. The number of hydrogen-bond acceptors (Lipinski definition) is 4. The molecule has 0 aliphatic heterocycles. The van der Waals surface area contributed by atoms with Gasteiger partial charge in [0.2, 0.25) is 0 Å². The first kappa shape index (κ1) is 12.8. The molecule has 0 unspecified atom stereocenters. The Hall–Kier alpha value is -1.26. The molecule has 4 heteroatoms. The molecule has 0 heterocycles. The van der Waals surface area contributed by atoms with Crippen LogP contribution in [0.5, 0.6) is 11.5 Å². The van der Waals surface area contributed by atoms with Crippen LogP contribution in [0.25, 0.3) is 0 Å². The molecule has 3 N–H and O–H groups in total. The second-order valence-corrected chi connectivity index (χ2v) is 4.30. The van der Waals surface area contributed by atoms with Crippen LogP contribution in [0.15, 0.2) is 18.2 Å². The summed E-state index contributed by atoms with van der Waals surface area (Å²) in [4.78, 5) is 2.01. The summed E-state index contributed by atoms with van der Waals surface area (Å²) in [6, 6.07) is 4.71. The van der Waals surface area contributed by atoms with Crippen molar-refractivity contribution in [1.29, 1.82) is 0 Å². The molecular weight excluding hydrogens is 206 g/mol. The monoisotopic (exact) mass is 225 g/mol. The minimum absolute atomic E-state index is 0.173. The van der Waals surface area contributed by atoms with Gasteiger partial charge in [0.1, 0.15) is 0 Å². The van der Waals surface area contributed by atoms with Crippen LogP contribution in [0.3, 0.4) is 0 Å². The highest BCUT2D eigenvalue weighted by Gasteiger charge is 2.14. The van der Waals surface area contributed by atoms with E-state index in [1.807, 2.05) is 25.8 Å². The molecule has 0 aliphatic rings. The maximum atomic E-state index is 9.92. The van der Waals surface area contributed by atoms with Crippen molar-refractivity contribution in [3.8, 4) is 11.5 Å². The Bertz CT molecular complexity index is 352. The van der Waals surface area contributed by atoms with E-state index >= 15 is 0 Å². The minimum atomic E-state index is -0.668. The van der Waals surface area contributed by atoms with Gasteiger partial charge in [-0.2, -0.15) is 0 Å². The number of hydrogen-bond donors (Lipinski definition) is 3. The minimum Gasteiger partial charge on any atom is -0.504 e. The van der Waals surface area contributed by atoms with Gasteiger partial charge in [-0.05, 0) is 38.6 Å². The zero-order chi connectivity index (χ0) is 12.3. The molecule has 90 valence electrons. The van der Waals surface area contributed by atoms with Crippen molar-refractivity contribution >= 4 is 0 Å². The van der Waals surface area contributed by atoms with Crippen LogP contribution in [0.1, 0.15) is 25.5 Å². The van der Waals surface area contributed by atoms with Gasteiger partial charge in [-0.3, -0.25) is 0 Å². The lowest BCUT2D eigenvalue weighted by Crippen LogP contribution is -2.30. The molecular formula is C12H19NO3. The van der Waals surface area contributed by atoms with E-state index in [1.165, 1.54) is 12.1 Å². The smallest absolute Gasteiger partial charge is 0.157 e. The highest BCUT2D eigenvalue weighted by molar-refractivity contribution is 5.41. The third-order valence-electron chi connectivity index (χ3n) is 2.73. The van der Waals surface area contributed by atoms with Crippen molar-refractivity contribution in [2.75, 3.05) is 13.6 Å². The molecule has 0 bridgehead atoms. The maximum Gasteiger partial charge on any atom is 0.157 e. The number of benzene rings is 1. The number of likely N-dealkylation sites (N-methyl/N-ethyl adjacent to an activating group) is 1. The van der Waals surface area contributed by atoms with Gasteiger partial charge in [-0.1, -0.05) is 6.07 Å². The Morgan fingerprint density at radius 1 is 1.19 bits per heavy atom. The summed E-state index contributed by atoms with van der Waals surface area (Å²) in [7, 11) is 1.92. The fraction of sp³-hybridized carbons (Fsp3) is 0.500. The van der Waals surface area contributed by atoms with E-state index in [-0.39, 0.29) is 11.5 Å². The van der Waals surface area contributed by atoms with Crippen LogP contribution in [-0.2, 0) is 0 Å². The lowest BCUT2D eigenvalue weighted by molar-refractivity contribution is 0.112. The summed E-state index contributed by atoms with van der Waals surface area (Å²) in [5, 5.41) is 28.4. The second-order valence-electron chi connectivity index (χ2n) is 4.30. The van der Waals surface area contributed by atoms with Crippen molar-refractivity contribution in [3.63, 3.8) is 0 Å². The van der Waals surface area contributed by atoms with E-state index in [4.69, 9.17) is 5.11 Å². The van der Waals surface area contributed by atoms with Crippen molar-refractivity contribution in [2.24, 2.45) is 0 Å². The molecule has 16 heavy (non-hydrogen) atoms. The summed E-state index contributed by atoms with van der Waals surface area (Å²) < 4.78 is 0. The SMILES string of the molecule is CC(C)N(C)C[C@H](O)c1ccc(O)c(O)c1. The number of aliphatic hydroxyl groups excluding tert-OH is 1. The Kier molecular flexibility index (Phi) is 4.15. The van der Waals surface area contributed by atoms with Crippen molar-refractivity contribution < 1.29 is 15.3 Å². The molecule has 1 aromatic carbocycles. The van der Waals surface area contributed by atoms with E-state index in [0.29, 0.717) is 18.2 Å². The summed E-state index contributed by atoms with van der Waals surface area (Å²) in [6.45, 7) is 4.57. The Labute approximate surface area is 95.8 Å². The summed E-state index contributed by atoms with van der Waals surface area (Å²) in [5.74, 6) is -0.378. The van der Waals surface area contributed by atoms with Gasteiger partial charge in [0.05, 0.1) is 6.10 Å². The Balaban J connectivity index is 2.73. The van der Waals surface area contributed by atoms with Crippen LogP contribution >= 0.6 is 0 Å². The van der Waals surface area contributed by atoms with Gasteiger partial charge in [0, 0.05) is 12.6 Å². The number of aliphatic hydroxyl groups is 1. The number of phenols is 2. The van der Waals surface area contributed by atoms with Gasteiger partial charge >= 0.3 is 0 Å². The third kappa shape index (κ3) is 3.12. The molecule has 1 rings (SSSR count). The molecule has 0 aromatic heterocycles. The number of nitrogens with zero attached hydrogens (tertiary/aromatic N) is 1. The number of rotatable bonds is 4. The largest absolute Gasteiger partial charge is 0.504 e. The van der Waals surface area contributed by atoms with Gasteiger partial charge in [0.25, 0.3) is 0 Å². The van der Waals surface area contributed by atoms with Gasteiger partial charge in [-0.25, -0.2) is 0 Å². The molecule has 1 atom stereocenters. The highest BCUT2D eigenvalue weighted by atomic mass is 16.3. The quantitative estimate of drug-likeness (QED) is 0.679. The van der Waals surface area contributed by atoms with Gasteiger partial charge in [0.15, 0.2) is 11.5 Å². The lowest BCUT2D eigenvalue weighted by atomic mass is 10.1. The van der Waals surface area contributed by atoms with Gasteiger partial charge < -0.3 is 20.2 Å². The number of aromatic hydroxyl groups is 2. The zero-order valence-electron chi connectivity index (χ0n) is 9.88. The standard InChI is InChI=1S/C12H19NO3/c1-8(2)13(3)7-12(16)9-4-5-10(14)11(15)6-9/h4-6,8,12,14-16H,7H2,1-3H3/t12-/m0/s1.